The maximum atomic E-state index is 12.3. The Balaban J connectivity index is 1.98. The highest BCUT2D eigenvalue weighted by Gasteiger charge is 2.29. The van der Waals surface area contributed by atoms with E-state index in [1.165, 1.54) is 0 Å². The second-order valence-electron chi connectivity index (χ2n) is 5.79. The normalized spacial score (nSPS) is 11.7. The molecule has 0 saturated heterocycles. The molecule has 1 heterocycles. The van der Waals surface area contributed by atoms with Crippen LogP contribution in [0.3, 0.4) is 0 Å². The molecule has 2 rings (SSSR count). The summed E-state index contributed by atoms with van der Waals surface area (Å²) >= 11 is 5.84. The van der Waals surface area contributed by atoms with E-state index in [1.54, 1.807) is 44.3 Å². The average Bonchev–Trinajstić information content (AvgIpc) is 2.89. The summed E-state index contributed by atoms with van der Waals surface area (Å²) in [4.78, 5) is 12.3. The zero-order chi connectivity index (χ0) is 17.7. The first-order chi connectivity index (χ1) is 11.3. The minimum Gasteiger partial charge on any atom is -0.478 e. The van der Waals surface area contributed by atoms with Crippen molar-refractivity contribution >= 4 is 23.7 Å². The van der Waals surface area contributed by atoms with E-state index in [-0.39, 0.29) is 5.91 Å². The Bertz CT molecular complexity index is 736. The highest BCUT2D eigenvalue weighted by atomic mass is 35.5. The summed E-state index contributed by atoms with van der Waals surface area (Å²) in [7, 11) is 0. The van der Waals surface area contributed by atoms with Crippen molar-refractivity contribution in [2.24, 2.45) is 5.10 Å². The average molecular weight is 349 g/mol. The monoisotopic (exact) mass is 348 g/mol. The molecule has 0 fully saturated rings. The van der Waals surface area contributed by atoms with Gasteiger partial charge in [0.25, 0.3) is 5.91 Å². The van der Waals surface area contributed by atoms with Crippen LogP contribution in [-0.4, -0.2) is 27.5 Å². The van der Waals surface area contributed by atoms with Crippen LogP contribution in [0.5, 0.6) is 5.75 Å². The molecule has 0 aliphatic heterocycles. The maximum Gasteiger partial charge on any atom is 0.283 e. The predicted molar refractivity (Wildman–Crippen MR) is 94.5 cm³/mol. The highest BCUT2D eigenvalue weighted by Crippen LogP contribution is 2.21. The number of nitrogens with one attached hydrogen (secondary N) is 1. The Kier molecular flexibility index (Phi) is 5.62. The van der Waals surface area contributed by atoms with E-state index in [9.17, 15) is 4.79 Å². The van der Waals surface area contributed by atoms with E-state index < -0.39 is 5.60 Å². The number of benzene rings is 1. The van der Waals surface area contributed by atoms with Gasteiger partial charge >= 0.3 is 0 Å². The number of ether oxygens (including phenoxy) is 1. The van der Waals surface area contributed by atoms with Gasteiger partial charge in [0.05, 0.1) is 11.9 Å². The Hall–Kier alpha value is -2.34. The van der Waals surface area contributed by atoms with Crippen molar-refractivity contribution in [3.8, 4) is 5.75 Å². The van der Waals surface area contributed by atoms with Gasteiger partial charge in [-0.3, -0.25) is 9.48 Å². The van der Waals surface area contributed by atoms with Crippen LogP contribution in [0.1, 0.15) is 32.0 Å². The number of aromatic nitrogens is 2. The molecule has 128 valence electrons. The summed E-state index contributed by atoms with van der Waals surface area (Å²) < 4.78 is 7.52. The molecule has 24 heavy (non-hydrogen) atoms. The smallest absolute Gasteiger partial charge is 0.283 e. The van der Waals surface area contributed by atoms with E-state index in [2.05, 4.69) is 15.6 Å². The lowest BCUT2D eigenvalue weighted by molar-refractivity contribution is -0.134. The second-order valence-corrected chi connectivity index (χ2v) is 6.23. The number of nitrogens with zero attached hydrogens (tertiary/aromatic N) is 3. The largest absolute Gasteiger partial charge is 0.478 e. The third-order valence-electron chi connectivity index (χ3n) is 3.41. The van der Waals surface area contributed by atoms with Crippen LogP contribution in [0, 0.1) is 6.92 Å². The highest BCUT2D eigenvalue weighted by molar-refractivity contribution is 6.30. The molecule has 1 aromatic carbocycles. The Labute approximate surface area is 146 Å². The van der Waals surface area contributed by atoms with E-state index in [0.29, 0.717) is 10.8 Å². The van der Waals surface area contributed by atoms with Gasteiger partial charge in [0.2, 0.25) is 0 Å². The molecule has 0 atom stereocenters. The molecule has 7 heteroatoms. The lowest BCUT2D eigenvalue weighted by atomic mass is 10.1. The SMILES string of the molecule is CCn1cc(/C=N\NC(=O)C(C)(C)Oc2ccc(Cl)cc2)c(C)n1. The number of aryl methyl sites for hydroxylation is 2. The van der Waals surface area contributed by atoms with Gasteiger partial charge in [-0.25, -0.2) is 5.43 Å². The number of carbonyl (C=O) groups is 1. The molecule has 1 aromatic heterocycles. The zero-order valence-electron chi connectivity index (χ0n) is 14.2. The predicted octanol–water partition coefficient (Wildman–Crippen LogP) is 3.17. The van der Waals surface area contributed by atoms with Crippen LogP contribution in [0.2, 0.25) is 5.02 Å². The number of hydrazone groups is 1. The molecule has 0 unspecified atom stereocenters. The summed E-state index contributed by atoms with van der Waals surface area (Å²) in [6.45, 7) is 8.03. The third kappa shape index (κ3) is 4.58. The van der Waals surface area contributed by atoms with Gasteiger partial charge in [0.15, 0.2) is 5.60 Å². The van der Waals surface area contributed by atoms with Crippen molar-refractivity contribution in [1.82, 2.24) is 15.2 Å². The molecular formula is C17H21ClN4O2. The summed E-state index contributed by atoms with van der Waals surface area (Å²) in [5.41, 5.74) is 3.13. The fourth-order valence-electron chi connectivity index (χ4n) is 1.96. The van der Waals surface area contributed by atoms with Gasteiger partial charge in [-0.05, 0) is 52.0 Å². The standard InChI is InChI=1S/C17H21ClN4O2/c1-5-22-11-13(12(2)21-22)10-19-20-16(23)17(3,4)24-15-8-6-14(18)7-9-15/h6-11H,5H2,1-4H3,(H,20,23)/b19-10-. The van der Waals surface area contributed by atoms with Crippen molar-refractivity contribution < 1.29 is 9.53 Å². The minimum atomic E-state index is -1.08. The maximum absolute atomic E-state index is 12.3. The van der Waals surface area contributed by atoms with Crippen LogP contribution in [0.4, 0.5) is 0 Å². The molecule has 6 nitrogen and oxygen atoms in total. The number of amides is 1. The van der Waals surface area contributed by atoms with Crippen molar-refractivity contribution in [3.05, 3.63) is 46.7 Å². The number of halogens is 1. The number of rotatable bonds is 6. The Morgan fingerprint density at radius 3 is 2.67 bits per heavy atom. The molecule has 0 aliphatic carbocycles. The molecule has 0 radical (unpaired) electrons. The third-order valence-corrected chi connectivity index (χ3v) is 3.66. The summed E-state index contributed by atoms with van der Waals surface area (Å²) in [6, 6.07) is 6.83. The summed E-state index contributed by atoms with van der Waals surface area (Å²) in [5.74, 6) is 0.206. The van der Waals surface area contributed by atoms with E-state index in [4.69, 9.17) is 16.3 Å². The van der Waals surface area contributed by atoms with Crippen LogP contribution in [0.15, 0.2) is 35.6 Å². The van der Waals surface area contributed by atoms with Crippen molar-refractivity contribution in [3.63, 3.8) is 0 Å². The first-order valence-electron chi connectivity index (χ1n) is 7.64. The van der Waals surface area contributed by atoms with Gasteiger partial charge in [0.1, 0.15) is 5.75 Å². The number of hydrogen-bond donors (Lipinski definition) is 1. The first kappa shape index (κ1) is 18.0. The fourth-order valence-corrected chi connectivity index (χ4v) is 2.09. The van der Waals surface area contributed by atoms with Crippen LogP contribution in [0.25, 0.3) is 0 Å². The lowest BCUT2D eigenvalue weighted by Crippen LogP contribution is -2.44. The van der Waals surface area contributed by atoms with E-state index in [1.807, 2.05) is 24.7 Å². The zero-order valence-corrected chi connectivity index (χ0v) is 15.0. The fraction of sp³-hybridized carbons (Fsp3) is 0.353. The number of carbonyl (C=O) groups excluding carboxylic acids is 1. The van der Waals surface area contributed by atoms with Gasteiger partial charge < -0.3 is 4.74 Å². The molecule has 0 aliphatic rings. The van der Waals surface area contributed by atoms with Crippen molar-refractivity contribution in [2.75, 3.05) is 0 Å². The topological polar surface area (TPSA) is 68.5 Å². The molecule has 1 amide bonds. The summed E-state index contributed by atoms with van der Waals surface area (Å²) in [6.07, 6.45) is 3.45. The molecule has 0 saturated carbocycles. The molecular weight excluding hydrogens is 328 g/mol. The van der Waals surface area contributed by atoms with Gasteiger partial charge in [0, 0.05) is 23.3 Å². The van der Waals surface area contributed by atoms with Crippen LogP contribution < -0.4 is 10.2 Å². The molecule has 0 spiro atoms. The van der Waals surface area contributed by atoms with Crippen LogP contribution >= 0.6 is 11.6 Å². The second kappa shape index (κ2) is 7.49. The minimum absolute atomic E-state index is 0.353. The lowest BCUT2D eigenvalue weighted by Gasteiger charge is -2.24. The Morgan fingerprint density at radius 1 is 1.42 bits per heavy atom. The van der Waals surface area contributed by atoms with E-state index in [0.717, 1.165) is 17.8 Å². The quantitative estimate of drug-likeness (QED) is 0.644. The Morgan fingerprint density at radius 2 is 2.08 bits per heavy atom. The number of hydrogen-bond acceptors (Lipinski definition) is 4. The van der Waals surface area contributed by atoms with Crippen LogP contribution in [-0.2, 0) is 11.3 Å². The van der Waals surface area contributed by atoms with Crippen molar-refractivity contribution in [2.45, 2.75) is 39.8 Å². The van der Waals surface area contributed by atoms with Gasteiger partial charge in [-0.2, -0.15) is 10.2 Å². The molecule has 1 N–H and O–H groups in total. The first-order valence-corrected chi connectivity index (χ1v) is 8.01. The van der Waals surface area contributed by atoms with Crippen molar-refractivity contribution in [1.29, 1.82) is 0 Å². The summed E-state index contributed by atoms with van der Waals surface area (Å²) in [5, 5.41) is 8.92. The molecule has 0 bridgehead atoms. The molecule has 2 aromatic rings. The van der Waals surface area contributed by atoms with Gasteiger partial charge in [-0.15, -0.1) is 0 Å². The van der Waals surface area contributed by atoms with E-state index >= 15 is 0 Å². The van der Waals surface area contributed by atoms with Gasteiger partial charge in [-0.1, -0.05) is 11.6 Å².